The van der Waals surface area contributed by atoms with Crippen LogP contribution in [0.1, 0.15) is 66.1 Å². The molecule has 0 heterocycles. The fourth-order valence-electron chi connectivity index (χ4n) is 4.35. The van der Waals surface area contributed by atoms with Crippen LogP contribution >= 0.6 is 0 Å². The van der Waals surface area contributed by atoms with Gasteiger partial charge in [-0.1, -0.05) is 55.3 Å². The molecule has 0 aliphatic carbocycles. The number of unbranched alkanes of at least 4 members (excludes halogenated alkanes) is 4. The molecule has 0 aliphatic rings. The fourth-order valence-corrected chi connectivity index (χ4v) is 4.35. The van der Waals surface area contributed by atoms with E-state index in [1.807, 2.05) is 12.1 Å². The second kappa shape index (κ2) is 15.8. The second-order valence-corrected chi connectivity index (χ2v) is 9.60. The summed E-state index contributed by atoms with van der Waals surface area (Å²) in [5.74, 6) is -0.620. The first-order chi connectivity index (χ1) is 18.4. The van der Waals surface area contributed by atoms with Crippen LogP contribution in [-0.2, 0) is 11.2 Å². The maximum Gasteiger partial charge on any atom is 0.252 e. The third kappa shape index (κ3) is 9.82. The number of carbonyl (C=O) groups is 1. The van der Waals surface area contributed by atoms with Gasteiger partial charge in [-0.05, 0) is 85.2 Å². The lowest BCUT2D eigenvalue weighted by atomic mass is 10.0. The van der Waals surface area contributed by atoms with Crippen molar-refractivity contribution < 1.29 is 24.9 Å². The number of nitrogens with one attached hydrogen (secondary N) is 1. The highest BCUT2D eigenvalue weighted by Gasteiger charge is 2.13. The normalized spacial score (nSPS) is 11.9. The molecule has 3 rings (SSSR count). The maximum absolute atomic E-state index is 11.3. The fraction of sp³-hybridized carbons (Fsp3) is 0.387. The van der Waals surface area contributed by atoms with E-state index in [-0.39, 0.29) is 17.1 Å². The predicted octanol–water partition coefficient (Wildman–Crippen LogP) is 5.09. The van der Waals surface area contributed by atoms with E-state index in [1.165, 1.54) is 17.7 Å². The number of amides is 1. The summed E-state index contributed by atoms with van der Waals surface area (Å²) in [4.78, 5) is 11.3. The molecule has 7 nitrogen and oxygen atoms in total. The molecule has 1 amide bonds. The molecular formula is C31H40N2O5. The third-order valence-electron chi connectivity index (χ3n) is 6.51. The molecule has 0 saturated carbocycles. The number of aromatic hydroxyl groups is 2. The highest BCUT2D eigenvalue weighted by Crippen LogP contribution is 2.25. The lowest BCUT2D eigenvalue weighted by Gasteiger charge is -2.13. The summed E-state index contributed by atoms with van der Waals surface area (Å²) in [6.45, 7) is 2.72. The minimum absolute atomic E-state index is 0.0138. The van der Waals surface area contributed by atoms with Gasteiger partial charge in [0.1, 0.15) is 11.5 Å². The van der Waals surface area contributed by atoms with Gasteiger partial charge in [-0.2, -0.15) is 0 Å². The Morgan fingerprint density at radius 3 is 2.32 bits per heavy atom. The molecule has 38 heavy (non-hydrogen) atoms. The standard InChI is InChI=1S/C31H40N2O5/c32-31(37)28-21-26(14-15-29(28)35)30(36)22-33-16-4-1-2-5-17-38-18-6-3-9-23-10-7-11-24(19-23)25-12-8-13-27(34)20-25/h7-8,10-15,19-21,30,33-36H,1-6,9,16-18,22H2,(H2,32,37)/t30-/m0/s1. The van der Waals surface area contributed by atoms with E-state index >= 15 is 0 Å². The zero-order valence-corrected chi connectivity index (χ0v) is 21.9. The minimum atomic E-state index is -0.774. The van der Waals surface area contributed by atoms with E-state index in [4.69, 9.17) is 10.5 Å². The van der Waals surface area contributed by atoms with Gasteiger partial charge in [0.2, 0.25) is 0 Å². The summed E-state index contributed by atoms with van der Waals surface area (Å²) in [5, 5.41) is 32.9. The first-order valence-electron chi connectivity index (χ1n) is 13.4. The first-order valence-corrected chi connectivity index (χ1v) is 13.4. The van der Waals surface area contributed by atoms with Crippen LogP contribution in [0, 0.1) is 0 Å². The second-order valence-electron chi connectivity index (χ2n) is 9.60. The number of primary amides is 1. The first kappa shape index (κ1) is 29.2. The third-order valence-corrected chi connectivity index (χ3v) is 6.51. The number of phenols is 2. The molecule has 3 aromatic carbocycles. The summed E-state index contributed by atoms with van der Waals surface area (Å²) in [5.41, 5.74) is 9.24. The SMILES string of the molecule is NC(=O)c1cc([C@@H](O)CNCCCCCCOCCCCc2cccc(-c3cccc(O)c3)c2)ccc1O. The number of carbonyl (C=O) groups excluding carboxylic acids is 1. The Bertz CT molecular complexity index is 1150. The molecule has 0 fully saturated rings. The van der Waals surface area contributed by atoms with E-state index in [2.05, 4.69) is 29.6 Å². The van der Waals surface area contributed by atoms with Crippen molar-refractivity contribution in [3.05, 3.63) is 83.4 Å². The average Bonchev–Trinajstić information content (AvgIpc) is 2.91. The van der Waals surface area contributed by atoms with Crippen LogP contribution < -0.4 is 11.1 Å². The number of hydrogen-bond acceptors (Lipinski definition) is 6. The number of aliphatic hydroxyl groups is 1. The van der Waals surface area contributed by atoms with Crippen molar-refractivity contribution in [2.24, 2.45) is 5.73 Å². The Balaban J connectivity index is 1.17. The molecule has 0 aliphatic heterocycles. The van der Waals surface area contributed by atoms with Crippen LogP contribution in [0.3, 0.4) is 0 Å². The molecule has 204 valence electrons. The van der Waals surface area contributed by atoms with E-state index in [0.717, 1.165) is 75.8 Å². The zero-order chi connectivity index (χ0) is 27.2. The summed E-state index contributed by atoms with van der Waals surface area (Å²) in [6.07, 6.45) is 6.59. The molecule has 7 heteroatoms. The van der Waals surface area contributed by atoms with Gasteiger partial charge in [-0.25, -0.2) is 0 Å². The van der Waals surface area contributed by atoms with Gasteiger partial charge in [0.15, 0.2) is 0 Å². The predicted molar refractivity (Wildman–Crippen MR) is 150 cm³/mol. The van der Waals surface area contributed by atoms with Crippen molar-refractivity contribution in [3.63, 3.8) is 0 Å². The Hall–Kier alpha value is -3.39. The van der Waals surface area contributed by atoms with Crippen LogP contribution in [0.2, 0.25) is 0 Å². The topological polar surface area (TPSA) is 125 Å². The van der Waals surface area contributed by atoms with E-state index in [9.17, 15) is 20.1 Å². The van der Waals surface area contributed by atoms with Gasteiger partial charge in [0.05, 0.1) is 11.7 Å². The summed E-state index contributed by atoms with van der Waals surface area (Å²) in [7, 11) is 0. The van der Waals surface area contributed by atoms with Gasteiger partial charge >= 0.3 is 0 Å². The Labute approximate surface area is 225 Å². The average molecular weight is 521 g/mol. The molecule has 0 aromatic heterocycles. The monoisotopic (exact) mass is 520 g/mol. The van der Waals surface area contributed by atoms with Gasteiger partial charge in [0.25, 0.3) is 5.91 Å². The maximum atomic E-state index is 11.3. The Morgan fingerprint density at radius 2 is 1.55 bits per heavy atom. The van der Waals surface area contributed by atoms with E-state index < -0.39 is 12.0 Å². The van der Waals surface area contributed by atoms with Crippen molar-refractivity contribution in [3.8, 4) is 22.6 Å². The summed E-state index contributed by atoms with van der Waals surface area (Å²) < 4.78 is 5.79. The number of nitrogens with two attached hydrogens (primary N) is 1. The number of benzene rings is 3. The Morgan fingerprint density at radius 1 is 0.842 bits per heavy atom. The Kier molecular flexibility index (Phi) is 12.1. The molecule has 0 bridgehead atoms. The van der Waals surface area contributed by atoms with Gasteiger partial charge in [-0.15, -0.1) is 0 Å². The van der Waals surface area contributed by atoms with Gasteiger partial charge in [0, 0.05) is 19.8 Å². The number of aryl methyl sites for hydroxylation is 1. The van der Waals surface area contributed by atoms with Gasteiger partial charge in [-0.3, -0.25) is 4.79 Å². The molecule has 6 N–H and O–H groups in total. The minimum Gasteiger partial charge on any atom is -0.508 e. The summed E-state index contributed by atoms with van der Waals surface area (Å²) >= 11 is 0. The number of hydrogen-bond donors (Lipinski definition) is 5. The molecular weight excluding hydrogens is 480 g/mol. The number of aliphatic hydroxyl groups excluding tert-OH is 1. The van der Waals surface area contributed by atoms with E-state index in [1.54, 1.807) is 18.2 Å². The molecule has 0 radical (unpaired) electrons. The molecule has 0 spiro atoms. The molecule has 3 aromatic rings. The lowest BCUT2D eigenvalue weighted by molar-refractivity contribution is 0.0997. The van der Waals surface area contributed by atoms with Crippen molar-refractivity contribution in [2.45, 2.75) is 51.0 Å². The van der Waals surface area contributed by atoms with Gasteiger partial charge < -0.3 is 31.1 Å². The number of phenolic OH excluding ortho intramolecular Hbond substituents is 1. The molecule has 0 unspecified atom stereocenters. The quantitative estimate of drug-likeness (QED) is 0.158. The summed E-state index contributed by atoms with van der Waals surface area (Å²) in [6, 6.07) is 20.2. The van der Waals surface area contributed by atoms with Crippen LogP contribution in [0.4, 0.5) is 0 Å². The van der Waals surface area contributed by atoms with Crippen LogP contribution in [0.5, 0.6) is 11.5 Å². The van der Waals surface area contributed by atoms with Crippen molar-refractivity contribution in [1.82, 2.24) is 5.32 Å². The largest absolute Gasteiger partial charge is 0.508 e. The highest BCUT2D eigenvalue weighted by atomic mass is 16.5. The lowest BCUT2D eigenvalue weighted by Crippen LogP contribution is -2.23. The van der Waals surface area contributed by atoms with Crippen LogP contribution in [0.15, 0.2) is 66.7 Å². The van der Waals surface area contributed by atoms with Crippen molar-refractivity contribution in [1.29, 1.82) is 0 Å². The molecule has 0 saturated heterocycles. The number of rotatable bonds is 17. The highest BCUT2D eigenvalue weighted by molar-refractivity contribution is 5.95. The zero-order valence-electron chi connectivity index (χ0n) is 21.9. The van der Waals surface area contributed by atoms with E-state index in [0.29, 0.717) is 12.1 Å². The van der Waals surface area contributed by atoms with Crippen LogP contribution in [0.25, 0.3) is 11.1 Å². The van der Waals surface area contributed by atoms with Crippen molar-refractivity contribution in [2.75, 3.05) is 26.3 Å². The van der Waals surface area contributed by atoms with Crippen molar-refractivity contribution >= 4 is 5.91 Å². The smallest absolute Gasteiger partial charge is 0.252 e. The van der Waals surface area contributed by atoms with Crippen LogP contribution in [-0.4, -0.2) is 47.5 Å². The molecule has 1 atom stereocenters. The number of ether oxygens (including phenoxy) is 1.